The first-order valence-electron chi connectivity index (χ1n) is 10.4. The lowest BCUT2D eigenvalue weighted by atomic mass is 9.86. The second-order valence-corrected chi connectivity index (χ2v) is 8.57. The lowest BCUT2D eigenvalue weighted by Gasteiger charge is -2.24. The maximum atomic E-state index is 13.0. The Kier molecular flexibility index (Phi) is 4.42. The quantitative estimate of drug-likeness (QED) is 0.710. The van der Waals surface area contributed by atoms with E-state index in [9.17, 15) is 4.79 Å². The number of para-hydroxylation sites is 2. The predicted octanol–water partition coefficient (Wildman–Crippen LogP) is 4.61. The molecule has 1 heterocycles. The van der Waals surface area contributed by atoms with Crippen LogP contribution in [0.15, 0.2) is 54.6 Å². The minimum Gasteiger partial charge on any atom is -0.342 e. The van der Waals surface area contributed by atoms with Gasteiger partial charge in [-0.2, -0.15) is 0 Å². The van der Waals surface area contributed by atoms with Gasteiger partial charge in [0.25, 0.3) is 0 Å². The smallest absolute Gasteiger partial charge is 0.221 e. The number of benzene rings is 2. The molecule has 4 nitrogen and oxygen atoms in total. The highest BCUT2D eigenvalue weighted by Crippen LogP contribution is 2.49. The molecule has 1 amide bonds. The van der Waals surface area contributed by atoms with Gasteiger partial charge in [0.05, 0.1) is 11.0 Å². The Morgan fingerprint density at radius 1 is 1.11 bits per heavy atom. The summed E-state index contributed by atoms with van der Waals surface area (Å²) in [5.74, 6) is 3.23. The minimum atomic E-state index is -0.232. The minimum absolute atomic E-state index is 0.151. The molecular formula is C24H27N3O. The molecular weight excluding hydrogens is 346 g/mol. The number of amides is 1. The standard InChI is InChI=1S/C24H27N3O/c1-27-21-10-6-5-9-20(21)25-24(27)23(17-7-3-2-4-8-17)26-22(28)15-19-14-16-11-12-18(19)13-16/h2-10,16,18-19,23H,11-15H2,1H3,(H,26,28)/t16-,18-,19+,23-/m0/s1. The van der Waals surface area contributed by atoms with E-state index in [1.807, 2.05) is 43.4 Å². The number of hydrogen-bond acceptors (Lipinski definition) is 2. The second kappa shape index (κ2) is 7.08. The van der Waals surface area contributed by atoms with Gasteiger partial charge in [0, 0.05) is 13.5 Å². The molecule has 1 N–H and O–H groups in total. The van der Waals surface area contributed by atoms with Crippen molar-refractivity contribution in [2.75, 3.05) is 0 Å². The van der Waals surface area contributed by atoms with Crippen LogP contribution in [0.2, 0.25) is 0 Å². The van der Waals surface area contributed by atoms with Crippen molar-refractivity contribution in [3.8, 4) is 0 Å². The van der Waals surface area contributed by atoms with Crippen LogP contribution < -0.4 is 5.32 Å². The van der Waals surface area contributed by atoms with E-state index in [4.69, 9.17) is 4.98 Å². The van der Waals surface area contributed by atoms with E-state index < -0.39 is 0 Å². The van der Waals surface area contributed by atoms with Gasteiger partial charge < -0.3 is 9.88 Å². The number of nitrogens with zero attached hydrogens (tertiary/aromatic N) is 2. The van der Waals surface area contributed by atoms with Gasteiger partial charge in [0.15, 0.2) is 0 Å². The Morgan fingerprint density at radius 2 is 1.89 bits per heavy atom. The first-order valence-corrected chi connectivity index (χ1v) is 10.4. The summed E-state index contributed by atoms with van der Waals surface area (Å²) in [7, 11) is 2.03. The van der Waals surface area contributed by atoms with Crippen molar-refractivity contribution < 1.29 is 4.79 Å². The van der Waals surface area contributed by atoms with Crippen LogP contribution in [0.3, 0.4) is 0 Å². The molecule has 28 heavy (non-hydrogen) atoms. The van der Waals surface area contributed by atoms with Crippen LogP contribution in [0.25, 0.3) is 11.0 Å². The highest BCUT2D eigenvalue weighted by Gasteiger charge is 2.40. The van der Waals surface area contributed by atoms with Crippen molar-refractivity contribution in [2.45, 2.75) is 38.1 Å². The average molecular weight is 374 g/mol. The fourth-order valence-corrected chi connectivity index (χ4v) is 5.45. The maximum absolute atomic E-state index is 13.0. The van der Waals surface area contributed by atoms with E-state index in [2.05, 4.69) is 28.1 Å². The fourth-order valence-electron chi connectivity index (χ4n) is 5.45. The number of rotatable bonds is 5. The van der Waals surface area contributed by atoms with E-state index in [1.165, 1.54) is 25.7 Å². The van der Waals surface area contributed by atoms with E-state index in [1.54, 1.807) is 0 Å². The lowest BCUT2D eigenvalue weighted by molar-refractivity contribution is -0.123. The normalized spacial score (nSPS) is 24.5. The first kappa shape index (κ1) is 17.5. The van der Waals surface area contributed by atoms with E-state index in [0.29, 0.717) is 12.3 Å². The molecule has 2 saturated carbocycles. The summed E-state index contributed by atoms with van der Waals surface area (Å²) in [5, 5.41) is 3.32. The topological polar surface area (TPSA) is 46.9 Å². The average Bonchev–Trinajstić information content (AvgIpc) is 3.42. The Bertz CT molecular complexity index is 994. The molecule has 3 aromatic rings. The molecule has 144 valence electrons. The van der Waals surface area contributed by atoms with Crippen molar-refractivity contribution in [3.05, 3.63) is 66.0 Å². The summed E-state index contributed by atoms with van der Waals surface area (Å²) in [6, 6.07) is 18.1. The van der Waals surface area contributed by atoms with Gasteiger partial charge in [0.2, 0.25) is 5.91 Å². The largest absolute Gasteiger partial charge is 0.342 e. The Labute approximate surface area is 166 Å². The number of aromatic nitrogens is 2. The van der Waals surface area contributed by atoms with Crippen molar-refractivity contribution in [1.29, 1.82) is 0 Å². The summed E-state index contributed by atoms with van der Waals surface area (Å²) in [5.41, 5.74) is 3.12. The van der Waals surface area contributed by atoms with Gasteiger partial charge in [-0.05, 0) is 54.7 Å². The third-order valence-electron chi connectivity index (χ3n) is 6.85. The van der Waals surface area contributed by atoms with Crippen molar-refractivity contribution in [1.82, 2.24) is 14.9 Å². The summed E-state index contributed by atoms with van der Waals surface area (Å²) < 4.78 is 2.10. The first-order chi connectivity index (χ1) is 13.7. The predicted molar refractivity (Wildman–Crippen MR) is 111 cm³/mol. The fraction of sp³-hybridized carbons (Fsp3) is 0.417. The number of carbonyl (C=O) groups is 1. The van der Waals surface area contributed by atoms with Gasteiger partial charge in [-0.15, -0.1) is 0 Å². The summed E-state index contributed by atoms with van der Waals surface area (Å²) in [6.07, 6.45) is 5.91. The van der Waals surface area contributed by atoms with E-state index in [-0.39, 0.29) is 11.9 Å². The Morgan fingerprint density at radius 3 is 2.61 bits per heavy atom. The number of imidazole rings is 1. The number of carbonyl (C=O) groups excluding carboxylic acids is 1. The maximum Gasteiger partial charge on any atom is 0.221 e. The summed E-state index contributed by atoms with van der Waals surface area (Å²) in [4.78, 5) is 17.9. The molecule has 2 fully saturated rings. The third-order valence-corrected chi connectivity index (χ3v) is 6.85. The number of nitrogens with one attached hydrogen (secondary N) is 1. The number of hydrogen-bond donors (Lipinski definition) is 1. The summed E-state index contributed by atoms with van der Waals surface area (Å²) >= 11 is 0. The van der Waals surface area contributed by atoms with Gasteiger partial charge in [-0.1, -0.05) is 48.9 Å². The van der Waals surface area contributed by atoms with Crippen LogP contribution in [0.1, 0.15) is 49.5 Å². The highest BCUT2D eigenvalue weighted by molar-refractivity contribution is 5.79. The zero-order chi connectivity index (χ0) is 19.1. The monoisotopic (exact) mass is 373 g/mol. The van der Waals surface area contributed by atoms with Crippen LogP contribution in [0.5, 0.6) is 0 Å². The summed E-state index contributed by atoms with van der Waals surface area (Å²) in [6.45, 7) is 0. The Balaban J connectivity index is 1.43. The molecule has 2 aliphatic carbocycles. The lowest BCUT2D eigenvalue weighted by Crippen LogP contribution is -2.33. The molecule has 4 atom stereocenters. The highest BCUT2D eigenvalue weighted by atomic mass is 16.1. The van der Waals surface area contributed by atoms with Crippen molar-refractivity contribution >= 4 is 16.9 Å². The zero-order valence-corrected chi connectivity index (χ0v) is 16.3. The van der Waals surface area contributed by atoms with Gasteiger partial charge in [0.1, 0.15) is 11.9 Å². The van der Waals surface area contributed by atoms with E-state index >= 15 is 0 Å². The molecule has 4 heteroatoms. The van der Waals surface area contributed by atoms with Crippen LogP contribution >= 0.6 is 0 Å². The van der Waals surface area contributed by atoms with Crippen LogP contribution in [0.4, 0.5) is 0 Å². The molecule has 0 unspecified atom stereocenters. The molecule has 2 aromatic carbocycles. The molecule has 0 spiro atoms. The van der Waals surface area contributed by atoms with Crippen molar-refractivity contribution in [3.63, 3.8) is 0 Å². The van der Waals surface area contributed by atoms with Gasteiger partial charge >= 0.3 is 0 Å². The van der Waals surface area contributed by atoms with Crippen molar-refractivity contribution in [2.24, 2.45) is 24.8 Å². The van der Waals surface area contributed by atoms with Gasteiger partial charge in [-0.3, -0.25) is 4.79 Å². The third kappa shape index (κ3) is 3.11. The van der Waals surface area contributed by atoms with E-state index in [0.717, 1.165) is 34.3 Å². The van der Waals surface area contributed by atoms with Crippen LogP contribution in [-0.2, 0) is 11.8 Å². The molecule has 2 aliphatic rings. The van der Waals surface area contributed by atoms with Crippen LogP contribution in [-0.4, -0.2) is 15.5 Å². The second-order valence-electron chi connectivity index (χ2n) is 8.57. The molecule has 5 rings (SSSR count). The molecule has 2 bridgehead atoms. The molecule has 0 saturated heterocycles. The zero-order valence-electron chi connectivity index (χ0n) is 16.3. The number of fused-ring (bicyclic) bond motifs is 3. The Hall–Kier alpha value is -2.62. The van der Waals surface area contributed by atoms with Gasteiger partial charge in [-0.25, -0.2) is 4.98 Å². The molecule has 1 aromatic heterocycles. The van der Waals surface area contributed by atoms with Crippen LogP contribution in [0, 0.1) is 17.8 Å². The molecule has 0 radical (unpaired) electrons. The SMILES string of the molecule is Cn1c([C@@H](NC(=O)C[C@H]2C[C@H]3CC[C@H]2C3)c2ccccc2)nc2ccccc21. The molecule has 0 aliphatic heterocycles. The number of aryl methyl sites for hydroxylation is 1.